The van der Waals surface area contributed by atoms with Crippen molar-refractivity contribution in [3.8, 4) is 0 Å². The van der Waals surface area contributed by atoms with Crippen LogP contribution in [0.2, 0.25) is 69.9 Å². The molecule has 0 unspecified atom stereocenters. The van der Waals surface area contributed by atoms with E-state index in [1.54, 1.807) is 42.8 Å². The van der Waals surface area contributed by atoms with Gasteiger partial charge in [0.1, 0.15) is 12.1 Å². The number of nitrogens with one attached hydrogen (secondary N) is 8. The molecule has 146 heavy (non-hydrogen) atoms. The standard InChI is InChI=1S/C101H136N16O18S5Se3Si3/c1-21-145(22-2,23-3)134-60(14)100(18,135-146(24-4,25-5)26-6)83(116-86(122)71-48-138-93(110-71)79(115-89(125)76(102)56(10)118)59(13)143-63-40-34-29-35-41-63)94-111-70(49-139-94)85(121)114-78-58(12)132-97(131)68-46-65(57(11)133-144(19,20)99(15,16)17)64-42-43-66(81(119)80(64)105-68)104-77(54(7)8)90(126)108-75(53-142-62-38-32-28-33-39-62)88(124)107-74(52-141-61-36-30-27-31-37-61)87(123)103-55(9)84(120)117-101(98-113-73(51-140-98)96(129)130)45-44-67(91-112-72(50-136-91)95(127)128)106-82(101)69-47-137-92(78)109-69/h27-43,46-47,49-51,54-60,66,71,74-79,81-83,104,118-119H,21-26,44-45,48,52-53,102H2,1-20H3,(H,103,123)(H,107,124)(H,108,126)(H,114,121)(H,115,125)(H,116,122)(H,117,120)(H,127,128)(H,129,130)/t55-,56-,57-,58+,59-,60+,66+,71+,74-,75-,76-,77-,78-,79-,81-,82+,83+,100+,101+/m0/s1. The molecule has 1 aliphatic carbocycles. The molecule has 12 rings (SSSR count). The number of ether oxygens (including phenoxy) is 1. The number of carbonyl (C=O) groups is 10. The van der Waals surface area contributed by atoms with Crippen molar-refractivity contribution in [1.29, 1.82) is 0 Å². The average molecular weight is 2340 g/mol. The van der Waals surface area contributed by atoms with Crippen molar-refractivity contribution in [3.63, 3.8) is 0 Å². The van der Waals surface area contributed by atoms with Crippen molar-refractivity contribution >= 4 is 216 Å². The summed E-state index contributed by atoms with van der Waals surface area (Å²) in [4.78, 5) is 185. The molecule has 0 fully saturated rings. The van der Waals surface area contributed by atoms with Gasteiger partial charge in [0.25, 0.3) is 0 Å². The van der Waals surface area contributed by atoms with Gasteiger partial charge in [0.15, 0.2) is 14.0 Å². The van der Waals surface area contributed by atoms with Crippen LogP contribution in [-0.4, -0.2) is 263 Å². The molecule has 5 bridgehead atoms. The van der Waals surface area contributed by atoms with E-state index in [9.17, 15) is 34.8 Å². The number of thioether (sulfide) groups is 1. The zero-order chi connectivity index (χ0) is 106. The molecule has 0 saturated heterocycles. The molecular formula is C101H136N16O18S5Se3Si3. The molecule has 5 aromatic heterocycles. The maximum absolute atomic E-state index is 16.4. The zero-order valence-corrected chi connectivity index (χ0v) is 98.1. The van der Waals surface area contributed by atoms with E-state index in [1.807, 2.05) is 119 Å². The summed E-state index contributed by atoms with van der Waals surface area (Å²) in [6, 6.07) is 21.0. The normalized spacial score (nSPS) is 23.0. The van der Waals surface area contributed by atoms with Gasteiger partial charge in [0.2, 0.25) is 0 Å². The molecule has 34 nitrogen and oxygen atoms in total. The second-order valence-electron chi connectivity index (χ2n) is 39.3. The second kappa shape index (κ2) is 50.5. The molecule has 19 atom stereocenters. The number of amides is 7. The summed E-state index contributed by atoms with van der Waals surface area (Å²) in [7, 11) is -8.08. The number of nitrogens with zero attached hydrogens (tertiary/aromatic N) is 7. The number of aliphatic hydroxyl groups is 2. The first-order valence-corrected chi connectivity index (χ1v) is 67.8. The number of carbonyl (C=O) groups excluding carboxylic acids is 8. The van der Waals surface area contributed by atoms with Gasteiger partial charge < -0.3 is 24.7 Å². The number of aliphatic imine (C=N–C) groups is 2. The van der Waals surface area contributed by atoms with Crippen molar-refractivity contribution in [2.75, 3.05) is 5.75 Å². The number of thiazole rings is 4. The molecule has 3 aliphatic heterocycles. The van der Waals surface area contributed by atoms with Crippen LogP contribution in [0.3, 0.4) is 0 Å². The molecule has 0 radical (unpaired) electrons. The fourth-order valence-corrected chi connectivity index (χ4v) is 36.5. The summed E-state index contributed by atoms with van der Waals surface area (Å²) in [6.07, 6.45) is -2.51. The van der Waals surface area contributed by atoms with Crippen LogP contribution in [-0.2, 0) is 52.3 Å². The Balaban J connectivity index is 1.03. The molecule has 45 heteroatoms. The SMILES string of the molecule is CC[Si](CC)(CC)O[C@H](C)[C@@](C)(O[Si](CC)(CC)CC)[C@H](NC(=O)[C@H]1CSC([C@@H](NC(=O)[C@@H](N)[C@H](C)O)[C@H](C)[Se]c2ccccc2)=N1)c1nc(C(=O)N[C@@H]2c3nc(cs3)[C@H]3N=C(c4nc(C(=O)O)cs4)CC[C@@]3(c3nc(C(=O)O)cs3)NC(=O)[C@H](C)NC(=O)[C@H](C[Se]c3ccccc3)NC(=O)[C@H](C[Se]c3ccccc3)NC(=O)[C@H](C(C)C)N[C@@H]3C=Cc4c([C@H](C)O[Si](C)(C)C(C)(C)C)cc(nc4[C@H]3O)C(=O)O[C@@H]2C)cs1. The van der Waals surface area contributed by atoms with Crippen molar-refractivity contribution in [3.05, 3.63) is 190 Å². The van der Waals surface area contributed by atoms with E-state index in [0.29, 0.717) is 34.3 Å². The Morgan fingerprint density at radius 2 is 1.25 bits per heavy atom. The van der Waals surface area contributed by atoms with Gasteiger partial charge in [-0.2, -0.15) is 0 Å². The third kappa shape index (κ3) is 27.6. The number of aromatic carboxylic acids is 2. The number of carboxylic acids is 2. The van der Waals surface area contributed by atoms with E-state index in [2.05, 4.69) is 128 Å². The van der Waals surface area contributed by atoms with Crippen molar-refractivity contribution in [1.82, 2.24) is 67.5 Å². The van der Waals surface area contributed by atoms with Crippen LogP contribution in [0.25, 0.3) is 6.08 Å². The molecule has 7 amide bonds. The molecular weight excluding hydrogens is 2210 g/mol. The predicted octanol–water partition coefficient (Wildman–Crippen LogP) is 11.8. The van der Waals surface area contributed by atoms with Crippen LogP contribution in [0.1, 0.15) is 252 Å². The Kier molecular flexibility index (Phi) is 40.2. The summed E-state index contributed by atoms with van der Waals surface area (Å²) < 4.78 is 32.1. The Labute approximate surface area is 895 Å². The first-order chi connectivity index (χ1) is 69.2. The number of fused-ring (bicyclic) bond motifs is 6. The minimum atomic E-state index is -2.81. The number of aliphatic hydroxyl groups excluding tert-OH is 2. The Morgan fingerprint density at radius 1 is 0.671 bits per heavy atom. The Hall–Kier alpha value is -8.61. The van der Waals surface area contributed by atoms with E-state index < -0.39 is 234 Å². The quantitative estimate of drug-likeness (QED) is 0.0126. The third-order valence-corrected chi connectivity index (χ3v) is 54.2. The maximum atomic E-state index is 16.4. The van der Waals surface area contributed by atoms with Gasteiger partial charge in [0, 0.05) is 5.38 Å². The Morgan fingerprint density at radius 3 is 1.82 bits per heavy atom. The first-order valence-electron chi connectivity index (χ1n) is 49.3. The number of cyclic esters (lactones) is 1. The van der Waals surface area contributed by atoms with E-state index in [0.717, 1.165) is 76.9 Å². The number of aromatic nitrogens is 5. The molecule has 4 aliphatic rings. The number of rotatable bonds is 38. The third-order valence-electron chi connectivity index (χ3n) is 28.2. The van der Waals surface area contributed by atoms with Gasteiger partial charge >= 0.3 is 699 Å². The summed E-state index contributed by atoms with van der Waals surface area (Å²) in [5.41, 5.74) is 2.94. The number of pyridine rings is 1. The average Bonchev–Trinajstić information content (AvgIpc) is 1.55. The molecule has 0 spiro atoms. The van der Waals surface area contributed by atoms with Crippen molar-refractivity contribution < 1.29 is 86.4 Å². The van der Waals surface area contributed by atoms with Gasteiger partial charge in [-0.15, -0.1) is 11.3 Å². The topological polar surface area (TPSA) is 500 Å². The first kappa shape index (κ1) is 116. The van der Waals surface area contributed by atoms with Gasteiger partial charge in [-0.3, -0.25) is 4.79 Å². The van der Waals surface area contributed by atoms with Gasteiger partial charge in [0.05, 0.1) is 0 Å². The fourth-order valence-electron chi connectivity index (χ4n) is 17.6. The zero-order valence-electron chi connectivity index (χ0n) is 85.9. The van der Waals surface area contributed by atoms with E-state index in [-0.39, 0.29) is 108 Å². The van der Waals surface area contributed by atoms with Crippen LogP contribution >= 0.6 is 57.1 Å². The number of carboxylic acid groups (broad SMARTS) is 2. The number of hydrogen-bond donors (Lipinski definition) is 13. The minimum absolute atomic E-state index is 0.0128. The van der Waals surface area contributed by atoms with Crippen LogP contribution in [0.4, 0.5) is 0 Å². The molecule has 3 aromatic carbocycles. The molecule has 8 heterocycles. The van der Waals surface area contributed by atoms with Crippen LogP contribution in [0, 0.1) is 5.92 Å². The monoisotopic (exact) mass is 2340 g/mol. The molecule has 14 N–H and O–H groups in total. The number of benzene rings is 3. The van der Waals surface area contributed by atoms with E-state index >= 15 is 33.6 Å². The van der Waals surface area contributed by atoms with Crippen molar-refractivity contribution in [2.45, 2.75) is 315 Å². The number of esters is 1. The Bertz CT molecular complexity index is 6040. The fraction of sp³-hybridized carbons (Fsp3) is 0.515. The predicted molar refractivity (Wildman–Crippen MR) is 583 cm³/mol. The number of hydrogen-bond acceptors (Lipinski definition) is 30. The van der Waals surface area contributed by atoms with E-state index in [4.69, 9.17) is 48.7 Å². The van der Waals surface area contributed by atoms with Gasteiger partial charge in [-0.1, -0.05) is 62.3 Å². The molecule has 0 saturated carbocycles. The van der Waals surface area contributed by atoms with Gasteiger partial charge in [-0.25, -0.2) is 19.4 Å². The summed E-state index contributed by atoms with van der Waals surface area (Å²) in [5, 5.41) is 76.5. The summed E-state index contributed by atoms with van der Waals surface area (Å²) in [6.45, 7) is 38.9. The molecule has 788 valence electrons. The second-order valence-corrected chi connectivity index (χ2v) is 65.6. The number of nitrogens with two attached hydrogens (primary N) is 1. The molecule has 8 aromatic rings. The van der Waals surface area contributed by atoms with Crippen LogP contribution in [0.5, 0.6) is 0 Å². The van der Waals surface area contributed by atoms with Crippen molar-refractivity contribution in [2.24, 2.45) is 21.6 Å². The summed E-state index contributed by atoms with van der Waals surface area (Å²) >= 11 is 4.09. The van der Waals surface area contributed by atoms with E-state index in [1.165, 1.54) is 43.3 Å². The van der Waals surface area contributed by atoms with Crippen LogP contribution < -0.4 is 61.7 Å². The van der Waals surface area contributed by atoms with Gasteiger partial charge in [-0.05, 0) is 50.1 Å². The van der Waals surface area contributed by atoms with Crippen LogP contribution in [0.15, 0.2) is 135 Å². The summed E-state index contributed by atoms with van der Waals surface area (Å²) in [5.74, 6) is -9.05.